The van der Waals surface area contributed by atoms with Gasteiger partial charge in [0.05, 0.1) is 12.5 Å². The monoisotopic (exact) mass is 234 g/mol. The molecule has 0 atom stereocenters. The van der Waals surface area contributed by atoms with Crippen LogP contribution in [0.25, 0.3) is 0 Å². The summed E-state index contributed by atoms with van der Waals surface area (Å²) in [6.07, 6.45) is 0.195. The first-order valence-corrected chi connectivity index (χ1v) is 5.45. The van der Waals surface area contributed by atoms with Crippen LogP contribution in [0.1, 0.15) is 19.4 Å². The Bertz CT molecular complexity index is 420. The van der Waals surface area contributed by atoms with Crippen molar-refractivity contribution in [1.82, 2.24) is 4.90 Å². The van der Waals surface area contributed by atoms with Crippen molar-refractivity contribution in [2.24, 2.45) is 0 Å². The zero-order chi connectivity index (χ0) is 12.8. The summed E-state index contributed by atoms with van der Waals surface area (Å²) in [6.45, 7) is 3.80. The van der Waals surface area contributed by atoms with Gasteiger partial charge >= 0.3 is 0 Å². The Hall–Kier alpha value is -1.89. The Labute approximate surface area is 100 Å². The number of nitrogens with zero attached hydrogens (tertiary/aromatic N) is 2. The van der Waals surface area contributed by atoms with Gasteiger partial charge in [0.15, 0.2) is 0 Å². The summed E-state index contributed by atoms with van der Waals surface area (Å²) in [4.78, 5) is 13.4. The van der Waals surface area contributed by atoms with Gasteiger partial charge in [-0.05, 0) is 31.5 Å². The third-order valence-corrected chi connectivity index (χ3v) is 2.45. The third kappa shape index (κ3) is 3.87. The number of amides is 1. The third-order valence-electron chi connectivity index (χ3n) is 2.45. The number of hydrogen-bond donors (Lipinski definition) is 0. The van der Waals surface area contributed by atoms with Crippen LogP contribution >= 0.6 is 0 Å². The zero-order valence-corrected chi connectivity index (χ0v) is 9.98. The smallest absolute Gasteiger partial charge is 0.228 e. The summed E-state index contributed by atoms with van der Waals surface area (Å²) in [5.41, 5.74) is 0.750. The first kappa shape index (κ1) is 13.2. The Morgan fingerprint density at radius 2 is 2.00 bits per heavy atom. The van der Waals surface area contributed by atoms with Crippen molar-refractivity contribution in [3.63, 3.8) is 0 Å². The number of halogens is 1. The minimum Gasteiger partial charge on any atom is -0.327 e. The summed E-state index contributed by atoms with van der Waals surface area (Å²) in [5, 5.41) is 8.64. The average molecular weight is 234 g/mol. The van der Waals surface area contributed by atoms with Crippen molar-refractivity contribution in [2.45, 2.75) is 26.3 Å². The maximum atomic E-state index is 12.7. The average Bonchev–Trinajstić information content (AvgIpc) is 2.28. The highest BCUT2D eigenvalue weighted by atomic mass is 19.1. The lowest BCUT2D eigenvalue weighted by Crippen LogP contribution is -2.38. The van der Waals surface area contributed by atoms with E-state index in [-0.39, 0.29) is 30.7 Å². The lowest BCUT2D eigenvalue weighted by atomic mass is 10.1. The second-order valence-corrected chi connectivity index (χ2v) is 4.08. The lowest BCUT2D eigenvalue weighted by Gasteiger charge is -2.23. The highest BCUT2D eigenvalue weighted by molar-refractivity contribution is 5.79. The number of rotatable bonds is 4. The number of carbonyl (C=O) groups excluding carboxylic acids is 1. The predicted octanol–water partition coefficient (Wildman–Crippen LogP) is 2.13. The summed E-state index contributed by atoms with van der Waals surface area (Å²) in [6, 6.07) is 7.77. The molecule has 90 valence electrons. The Balaban J connectivity index is 2.70. The SMILES string of the molecule is CC(C)N(CC#N)C(=O)Cc1ccc(F)cc1. The second kappa shape index (κ2) is 6.00. The predicted molar refractivity (Wildman–Crippen MR) is 62.6 cm³/mol. The van der Waals surface area contributed by atoms with Crippen LogP contribution in [0.5, 0.6) is 0 Å². The Kier molecular flexibility index (Phi) is 4.65. The molecule has 1 rings (SSSR count). The molecule has 0 saturated heterocycles. The van der Waals surface area contributed by atoms with E-state index in [1.165, 1.54) is 17.0 Å². The molecule has 1 aromatic carbocycles. The number of carbonyl (C=O) groups is 1. The molecular formula is C13H15FN2O. The molecule has 0 fully saturated rings. The lowest BCUT2D eigenvalue weighted by molar-refractivity contribution is -0.131. The molecule has 0 aromatic heterocycles. The van der Waals surface area contributed by atoms with Crippen LogP contribution in [0.3, 0.4) is 0 Å². The minimum atomic E-state index is -0.320. The molecule has 0 radical (unpaired) electrons. The molecule has 0 aliphatic rings. The summed E-state index contributed by atoms with van der Waals surface area (Å²) in [5.74, 6) is -0.438. The van der Waals surface area contributed by atoms with Gasteiger partial charge in [0.25, 0.3) is 0 Å². The molecular weight excluding hydrogens is 219 g/mol. The summed E-state index contributed by atoms with van der Waals surface area (Å²) < 4.78 is 12.7. The van der Waals surface area contributed by atoms with E-state index in [1.807, 2.05) is 19.9 Å². The van der Waals surface area contributed by atoms with Crippen molar-refractivity contribution in [2.75, 3.05) is 6.54 Å². The highest BCUT2D eigenvalue weighted by Gasteiger charge is 2.16. The number of hydrogen-bond acceptors (Lipinski definition) is 2. The highest BCUT2D eigenvalue weighted by Crippen LogP contribution is 2.07. The molecule has 0 bridgehead atoms. The molecule has 0 aliphatic heterocycles. The fourth-order valence-electron chi connectivity index (χ4n) is 1.51. The Morgan fingerprint density at radius 3 is 2.47 bits per heavy atom. The van der Waals surface area contributed by atoms with Crippen LogP contribution in [0.4, 0.5) is 4.39 Å². The molecule has 3 nitrogen and oxygen atoms in total. The molecule has 0 spiro atoms. The molecule has 0 unspecified atom stereocenters. The van der Waals surface area contributed by atoms with E-state index in [2.05, 4.69) is 0 Å². The molecule has 0 heterocycles. The van der Waals surface area contributed by atoms with Crippen LogP contribution in [-0.4, -0.2) is 23.4 Å². The first-order valence-electron chi connectivity index (χ1n) is 5.45. The molecule has 4 heteroatoms. The molecule has 1 amide bonds. The van der Waals surface area contributed by atoms with Gasteiger partial charge in [0.1, 0.15) is 12.4 Å². The first-order chi connectivity index (χ1) is 8.04. The fourth-order valence-corrected chi connectivity index (χ4v) is 1.51. The van der Waals surface area contributed by atoms with Gasteiger partial charge in [0.2, 0.25) is 5.91 Å². The van der Waals surface area contributed by atoms with Gasteiger partial charge in [-0.25, -0.2) is 4.39 Å². The van der Waals surface area contributed by atoms with Crippen LogP contribution in [0, 0.1) is 17.1 Å². The van der Waals surface area contributed by atoms with Gasteiger partial charge in [0, 0.05) is 6.04 Å². The number of nitriles is 1. The fraction of sp³-hybridized carbons (Fsp3) is 0.385. The molecule has 0 saturated carbocycles. The van der Waals surface area contributed by atoms with Crippen LogP contribution in [-0.2, 0) is 11.2 Å². The van der Waals surface area contributed by atoms with E-state index in [9.17, 15) is 9.18 Å². The quantitative estimate of drug-likeness (QED) is 0.749. The van der Waals surface area contributed by atoms with E-state index in [4.69, 9.17) is 5.26 Å². The van der Waals surface area contributed by atoms with E-state index < -0.39 is 0 Å². The zero-order valence-electron chi connectivity index (χ0n) is 9.98. The largest absolute Gasteiger partial charge is 0.327 e. The van der Waals surface area contributed by atoms with E-state index in [0.717, 1.165) is 5.56 Å². The second-order valence-electron chi connectivity index (χ2n) is 4.08. The van der Waals surface area contributed by atoms with Crippen molar-refractivity contribution in [3.8, 4) is 6.07 Å². The molecule has 1 aromatic rings. The number of benzene rings is 1. The van der Waals surface area contributed by atoms with Crippen LogP contribution < -0.4 is 0 Å². The maximum absolute atomic E-state index is 12.7. The maximum Gasteiger partial charge on any atom is 0.228 e. The molecule has 0 N–H and O–H groups in total. The van der Waals surface area contributed by atoms with Crippen molar-refractivity contribution < 1.29 is 9.18 Å². The standard InChI is InChI=1S/C13H15FN2O/c1-10(2)16(8-7-15)13(17)9-11-3-5-12(14)6-4-11/h3-6,10H,8-9H2,1-2H3. The van der Waals surface area contributed by atoms with E-state index in [0.29, 0.717) is 0 Å². The van der Waals surface area contributed by atoms with Gasteiger partial charge in [-0.3, -0.25) is 4.79 Å². The molecule has 17 heavy (non-hydrogen) atoms. The Morgan fingerprint density at radius 1 is 1.41 bits per heavy atom. The van der Waals surface area contributed by atoms with Gasteiger partial charge < -0.3 is 4.90 Å². The summed E-state index contributed by atoms with van der Waals surface area (Å²) in [7, 11) is 0. The van der Waals surface area contributed by atoms with Gasteiger partial charge in [-0.1, -0.05) is 12.1 Å². The van der Waals surface area contributed by atoms with Crippen LogP contribution in [0.2, 0.25) is 0 Å². The van der Waals surface area contributed by atoms with Crippen molar-refractivity contribution >= 4 is 5.91 Å². The minimum absolute atomic E-state index is 0.0115. The van der Waals surface area contributed by atoms with Gasteiger partial charge in [-0.15, -0.1) is 0 Å². The topological polar surface area (TPSA) is 44.1 Å². The van der Waals surface area contributed by atoms with Crippen molar-refractivity contribution in [1.29, 1.82) is 5.26 Å². The summed E-state index contributed by atoms with van der Waals surface area (Å²) >= 11 is 0. The van der Waals surface area contributed by atoms with E-state index >= 15 is 0 Å². The normalized spacial score (nSPS) is 10.1. The van der Waals surface area contributed by atoms with Crippen molar-refractivity contribution in [3.05, 3.63) is 35.6 Å². The molecule has 0 aliphatic carbocycles. The van der Waals surface area contributed by atoms with Crippen LogP contribution in [0.15, 0.2) is 24.3 Å². The van der Waals surface area contributed by atoms with E-state index in [1.54, 1.807) is 12.1 Å². The van der Waals surface area contributed by atoms with Gasteiger partial charge in [-0.2, -0.15) is 5.26 Å².